The van der Waals surface area contributed by atoms with Crippen LogP contribution in [0.5, 0.6) is 0 Å². The van der Waals surface area contributed by atoms with Gasteiger partial charge < -0.3 is 0 Å². The second kappa shape index (κ2) is 8.24. The molecule has 2 aromatic carbocycles. The number of benzene rings is 2. The first-order valence-corrected chi connectivity index (χ1v) is 12.0. The first kappa shape index (κ1) is 21.8. The van der Waals surface area contributed by atoms with Gasteiger partial charge in [0.25, 0.3) is 10.0 Å². The molecule has 31 heavy (non-hydrogen) atoms. The number of aryl methyl sites for hydroxylation is 1. The van der Waals surface area contributed by atoms with Gasteiger partial charge >= 0.3 is 0 Å². The van der Waals surface area contributed by atoms with E-state index < -0.39 is 15.8 Å². The number of carbonyl (C=O) groups is 2. The van der Waals surface area contributed by atoms with E-state index in [1.807, 2.05) is 0 Å². The van der Waals surface area contributed by atoms with Gasteiger partial charge in [0.1, 0.15) is 5.82 Å². The number of halogens is 2. The van der Waals surface area contributed by atoms with Crippen LogP contribution >= 0.6 is 11.6 Å². The summed E-state index contributed by atoms with van der Waals surface area (Å²) in [5.41, 5.74) is 0.754. The van der Waals surface area contributed by atoms with Gasteiger partial charge in [-0.3, -0.25) is 19.2 Å². The zero-order chi connectivity index (χ0) is 22.3. The largest absolute Gasteiger partial charge is 0.278 e. The van der Waals surface area contributed by atoms with Crippen LogP contribution in [0, 0.1) is 24.6 Å². The minimum absolute atomic E-state index is 0.0166. The second-order valence-corrected chi connectivity index (χ2v) is 10.2. The molecule has 1 saturated heterocycles. The van der Waals surface area contributed by atoms with Crippen LogP contribution < -0.4 is 4.72 Å². The van der Waals surface area contributed by atoms with Crippen LogP contribution in [0.3, 0.4) is 0 Å². The molecule has 1 saturated carbocycles. The lowest BCUT2D eigenvalue weighted by Crippen LogP contribution is -2.30. The highest BCUT2D eigenvalue weighted by Gasteiger charge is 2.47. The molecule has 2 fully saturated rings. The van der Waals surface area contributed by atoms with E-state index in [1.165, 1.54) is 23.1 Å². The number of hydrogen-bond acceptors (Lipinski definition) is 4. The third-order valence-corrected chi connectivity index (χ3v) is 7.73. The highest BCUT2D eigenvalue weighted by molar-refractivity contribution is 7.92. The first-order chi connectivity index (χ1) is 14.7. The Morgan fingerprint density at radius 3 is 2.32 bits per heavy atom. The van der Waals surface area contributed by atoms with Crippen molar-refractivity contribution < 1.29 is 22.4 Å². The monoisotopic (exact) mass is 464 g/mol. The van der Waals surface area contributed by atoms with E-state index in [0.29, 0.717) is 11.1 Å². The van der Waals surface area contributed by atoms with Crippen molar-refractivity contribution in [2.45, 2.75) is 44.0 Å². The van der Waals surface area contributed by atoms with Crippen LogP contribution in [0.4, 0.5) is 10.1 Å². The number of rotatable bonds is 5. The van der Waals surface area contributed by atoms with Crippen LogP contribution in [0.15, 0.2) is 41.3 Å². The number of anilines is 1. The predicted molar refractivity (Wildman–Crippen MR) is 114 cm³/mol. The third kappa shape index (κ3) is 4.19. The minimum Gasteiger partial charge on any atom is -0.278 e. The molecule has 9 heteroatoms. The van der Waals surface area contributed by atoms with Crippen molar-refractivity contribution in [1.29, 1.82) is 0 Å². The van der Waals surface area contributed by atoms with E-state index in [0.717, 1.165) is 31.7 Å². The van der Waals surface area contributed by atoms with Crippen LogP contribution in [-0.2, 0) is 26.2 Å². The van der Waals surface area contributed by atoms with Crippen molar-refractivity contribution in [1.82, 2.24) is 4.90 Å². The lowest BCUT2D eigenvalue weighted by atomic mass is 9.81. The van der Waals surface area contributed by atoms with Gasteiger partial charge in [0.15, 0.2) is 0 Å². The van der Waals surface area contributed by atoms with Crippen molar-refractivity contribution in [2.75, 3.05) is 4.72 Å². The van der Waals surface area contributed by atoms with Crippen LogP contribution in [0.1, 0.15) is 36.8 Å². The molecule has 6 nitrogen and oxygen atoms in total. The average Bonchev–Trinajstić information content (AvgIpc) is 2.96. The van der Waals surface area contributed by atoms with Gasteiger partial charge in [-0.25, -0.2) is 12.8 Å². The normalized spacial score (nSPS) is 21.3. The SMILES string of the molecule is Cc1ccc(CN2C(=O)[C@@H]3CCCC[C@H]3C2=O)cc1S(=O)(=O)Nc1ccc(Cl)cc1F. The average molecular weight is 465 g/mol. The van der Waals surface area contributed by atoms with Gasteiger partial charge in [-0.1, -0.05) is 36.6 Å². The van der Waals surface area contributed by atoms with Crippen LogP contribution in [0.25, 0.3) is 0 Å². The molecular formula is C22H22ClFN2O4S. The Morgan fingerprint density at radius 1 is 1.06 bits per heavy atom. The number of likely N-dealkylation sites (tertiary alicyclic amines) is 1. The van der Waals surface area contributed by atoms with E-state index in [4.69, 9.17) is 11.6 Å². The Morgan fingerprint density at radius 2 is 1.71 bits per heavy atom. The van der Waals surface area contributed by atoms with Crippen LogP contribution in [0.2, 0.25) is 5.02 Å². The number of fused-ring (bicyclic) bond motifs is 1. The lowest BCUT2D eigenvalue weighted by Gasteiger charge is -2.19. The number of amides is 2. The summed E-state index contributed by atoms with van der Waals surface area (Å²) >= 11 is 5.72. The Kier molecular flexibility index (Phi) is 5.79. The standard InChI is InChI=1S/C22H22ClFN2O4S/c1-13-6-7-14(12-26-21(27)16-4-2-3-5-17(16)22(26)28)10-20(13)31(29,30)25-19-9-8-15(23)11-18(19)24/h6-11,16-17,25H,2-5,12H2,1H3/t16-,17-/m1/s1. The Balaban J connectivity index is 1.60. The van der Waals surface area contributed by atoms with E-state index in [2.05, 4.69) is 4.72 Å². The molecule has 1 N–H and O–H groups in total. The maximum atomic E-state index is 14.1. The van der Waals surface area contributed by atoms with Gasteiger partial charge in [0.2, 0.25) is 11.8 Å². The molecule has 1 aliphatic heterocycles. The summed E-state index contributed by atoms with van der Waals surface area (Å²) in [5, 5.41) is 0.152. The number of imide groups is 1. The molecule has 0 spiro atoms. The molecule has 2 aromatic rings. The van der Waals surface area contributed by atoms with Crippen molar-refractivity contribution in [3.8, 4) is 0 Å². The maximum Gasteiger partial charge on any atom is 0.262 e. The third-order valence-electron chi connectivity index (χ3n) is 5.99. The molecule has 164 valence electrons. The number of sulfonamides is 1. The first-order valence-electron chi connectivity index (χ1n) is 10.1. The molecule has 1 heterocycles. The summed E-state index contributed by atoms with van der Waals surface area (Å²) in [6.07, 6.45) is 3.31. The number of nitrogens with one attached hydrogen (secondary N) is 1. The summed E-state index contributed by atoms with van der Waals surface area (Å²) in [6, 6.07) is 8.38. The number of nitrogens with zero attached hydrogens (tertiary/aromatic N) is 1. The highest BCUT2D eigenvalue weighted by Crippen LogP contribution is 2.38. The van der Waals surface area contributed by atoms with Gasteiger partial charge in [-0.15, -0.1) is 0 Å². The Hall–Kier alpha value is -2.45. The molecule has 2 amide bonds. The zero-order valence-corrected chi connectivity index (χ0v) is 18.5. The Labute approximate surface area is 185 Å². The summed E-state index contributed by atoms with van der Waals surface area (Å²) in [5.74, 6) is -1.67. The zero-order valence-electron chi connectivity index (χ0n) is 16.9. The van der Waals surface area contributed by atoms with E-state index >= 15 is 0 Å². The summed E-state index contributed by atoms with van der Waals surface area (Å²) in [7, 11) is -4.10. The maximum absolute atomic E-state index is 14.1. The summed E-state index contributed by atoms with van der Waals surface area (Å²) in [6.45, 7) is 1.64. The van der Waals surface area contributed by atoms with Gasteiger partial charge in [0, 0.05) is 5.02 Å². The van der Waals surface area contributed by atoms with Crippen molar-refractivity contribution in [3.63, 3.8) is 0 Å². The molecule has 2 atom stereocenters. The number of hydrogen-bond donors (Lipinski definition) is 1. The van der Waals surface area contributed by atoms with E-state index in [-0.39, 0.29) is 45.8 Å². The van der Waals surface area contributed by atoms with Crippen molar-refractivity contribution >= 4 is 39.1 Å². The lowest BCUT2D eigenvalue weighted by molar-refractivity contribution is -0.140. The summed E-state index contributed by atoms with van der Waals surface area (Å²) < 4.78 is 42.2. The molecule has 4 rings (SSSR count). The highest BCUT2D eigenvalue weighted by atomic mass is 35.5. The molecule has 0 aromatic heterocycles. The smallest absolute Gasteiger partial charge is 0.262 e. The fourth-order valence-electron chi connectivity index (χ4n) is 4.37. The van der Waals surface area contributed by atoms with E-state index in [9.17, 15) is 22.4 Å². The number of carbonyl (C=O) groups excluding carboxylic acids is 2. The van der Waals surface area contributed by atoms with Gasteiger partial charge in [-0.2, -0.15) is 0 Å². The molecule has 1 aliphatic carbocycles. The Bertz CT molecular complexity index is 1140. The fourth-order valence-corrected chi connectivity index (χ4v) is 5.90. The van der Waals surface area contributed by atoms with Gasteiger partial charge in [-0.05, 0) is 55.2 Å². The van der Waals surface area contributed by atoms with E-state index in [1.54, 1.807) is 19.1 Å². The molecule has 2 aliphatic rings. The fraction of sp³-hybridized carbons (Fsp3) is 0.364. The molecule has 0 radical (unpaired) electrons. The van der Waals surface area contributed by atoms with Crippen LogP contribution in [-0.4, -0.2) is 25.1 Å². The predicted octanol–water partition coefficient (Wildman–Crippen LogP) is 4.26. The van der Waals surface area contributed by atoms with Crippen molar-refractivity contribution in [2.24, 2.45) is 11.8 Å². The quantitative estimate of drug-likeness (QED) is 0.670. The molecular weight excluding hydrogens is 443 g/mol. The molecule has 0 bridgehead atoms. The van der Waals surface area contributed by atoms with Gasteiger partial charge in [0.05, 0.1) is 29.0 Å². The second-order valence-electron chi connectivity index (χ2n) is 8.09. The summed E-state index contributed by atoms with van der Waals surface area (Å²) in [4.78, 5) is 26.7. The minimum atomic E-state index is -4.10. The van der Waals surface area contributed by atoms with Crippen molar-refractivity contribution in [3.05, 3.63) is 58.4 Å². The molecule has 0 unspecified atom stereocenters. The topological polar surface area (TPSA) is 83.6 Å².